The summed E-state index contributed by atoms with van der Waals surface area (Å²) in [4.78, 5) is 78.2. The first-order chi connectivity index (χ1) is 37.0. The Kier molecular flexibility index (Phi) is 22.1. The number of carbonyl (C=O) groups excluding carboxylic acids is 4. The molecule has 0 saturated carbocycles. The third-order valence-corrected chi connectivity index (χ3v) is 15.2. The molecule has 0 bridgehead atoms. The number of aliphatic hydroxyl groups excluding tert-OH is 1. The number of aryl methyl sites for hydroxylation is 3. The first kappa shape index (κ1) is 59.0. The second-order valence-corrected chi connectivity index (χ2v) is 22.2. The zero-order valence-electron chi connectivity index (χ0n) is 44.8. The van der Waals surface area contributed by atoms with Gasteiger partial charge in [0.1, 0.15) is 28.4 Å². The number of anilines is 4. The van der Waals surface area contributed by atoms with Crippen molar-refractivity contribution in [1.82, 2.24) is 40.4 Å². The van der Waals surface area contributed by atoms with Gasteiger partial charge in [-0.05, 0) is 61.9 Å². The van der Waals surface area contributed by atoms with E-state index in [1.807, 2.05) is 94.4 Å². The SMILES string of the molecule is Cc1nc(Nc2ncc(C(=O)Nc3c(C)cccc3Cl)s2)cc(N2CCN(C(=O)CCOCCOCCOCCOCCCN[C@H](C(=O)N3C[C@H](O)C[C@H]3C(=O)NCc3ccc(-c4scnc4C)cc3)C(C)(C)C)CC2)n1. The van der Waals surface area contributed by atoms with Crippen molar-refractivity contribution in [2.45, 2.75) is 85.5 Å². The Morgan fingerprint density at radius 1 is 0.870 bits per heavy atom. The molecule has 7 rings (SSSR count). The van der Waals surface area contributed by atoms with E-state index in [0.29, 0.717) is 131 Å². The van der Waals surface area contributed by atoms with E-state index >= 15 is 0 Å². The molecule has 77 heavy (non-hydrogen) atoms. The van der Waals surface area contributed by atoms with Crippen LogP contribution in [0.4, 0.5) is 22.5 Å². The number of aliphatic hydroxyl groups is 1. The number of hydrogen-bond acceptors (Lipinski definition) is 18. The highest BCUT2D eigenvalue weighted by Gasteiger charge is 2.43. The van der Waals surface area contributed by atoms with Gasteiger partial charge in [0.2, 0.25) is 17.7 Å². The summed E-state index contributed by atoms with van der Waals surface area (Å²) < 4.78 is 22.7. The smallest absolute Gasteiger partial charge is 0.267 e. The summed E-state index contributed by atoms with van der Waals surface area (Å²) in [7, 11) is 0. The monoisotopic (exact) mass is 1120 g/mol. The Bertz CT molecular complexity index is 2710. The van der Waals surface area contributed by atoms with E-state index in [1.165, 1.54) is 22.4 Å². The largest absolute Gasteiger partial charge is 0.391 e. The van der Waals surface area contributed by atoms with E-state index in [9.17, 15) is 24.3 Å². The minimum atomic E-state index is -0.781. The summed E-state index contributed by atoms with van der Waals surface area (Å²) in [5, 5.41) is 24.0. The maximum Gasteiger partial charge on any atom is 0.267 e. The Morgan fingerprint density at radius 3 is 2.22 bits per heavy atom. The van der Waals surface area contributed by atoms with Gasteiger partial charge in [0.15, 0.2) is 5.13 Å². The van der Waals surface area contributed by atoms with Crippen LogP contribution in [0.15, 0.2) is 60.2 Å². The number of nitrogens with zero attached hydrogens (tertiary/aromatic N) is 7. The molecule has 2 aliphatic rings. The lowest BCUT2D eigenvalue weighted by atomic mass is 9.85. The molecule has 2 fully saturated rings. The van der Waals surface area contributed by atoms with Crippen LogP contribution >= 0.6 is 34.3 Å². The third kappa shape index (κ3) is 17.4. The molecule has 4 amide bonds. The number of piperazine rings is 1. The topological polar surface area (TPSA) is 235 Å². The van der Waals surface area contributed by atoms with Crippen LogP contribution in [0.2, 0.25) is 5.02 Å². The van der Waals surface area contributed by atoms with Crippen LogP contribution < -0.4 is 26.2 Å². The summed E-state index contributed by atoms with van der Waals surface area (Å²) in [5.41, 5.74) is 5.79. The van der Waals surface area contributed by atoms with E-state index in [2.05, 4.69) is 46.1 Å². The first-order valence-electron chi connectivity index (χ1n) is 26.0. The number of likely N-dealkylation sites (tertiary alicyclic amines) is 1. The number of halogens is 1. The van der Waals surface area contributed by atoms with Crippen molar-refractivity contribution in [1.29, 1.82) is 0 Å². The highest BCUT2D eigenvalue weighted by atomic mass is 35.5. The zero-order chi connectivity index (χ0) is 54.9. The van der Waals surface area contributed by atoms with Gasteiger partial charge < -0.3 is 60.0 Å². The zero-order valence-corrected chi connectivity index (χ0v) is 47.2. The minimum Gasteiger partial charge on any atom is -0.391 e. The molecule has 2 aromatic carbocycles. The maximum absolute atomic E-state index is 14.0. The Morgan fingerprint density at radius 2 is 1.56 bits per heavy atom. The Balaban J connectivity index is 0.692. The van der Waals surface area contributed by atoms with Crippen LogP contribution in [0.1, 0.15) is 72.4 Å². The average molecular weight is 1120 g/mol. The lowest BCUT2D eigenvalue weighted by Crippen LogP contribution is -2.56. The third-order valence-electron chi connectivity index (χ3n) is 13.0. The molecule has 23 heteroatoms. The lowest BCUT2D eigenvalue weighted by Gasteiger charge is -2.35. The minimum absolute atomic E-state index is 0.0314. The standard InChI is InChI=1S/C54H72ClN11O9S2/c1-35-9-7-10-41(55)47(35)63-51(70)43-32-58-53(77-43)62-44-30-45(61-37(3)60-44)64-17-19-65(20-18-64)46(68)15-22-73-24-26-75-28-27-74-25-23-72-21-8-16-56-49(54(4,5)6)52(71)66-33-40(67)29-42(66)50(69)57-31-38-11-13-39(14-12-38)48-36(2)59-34-76-48/h7,9-14,30,32,34,40,42,49,56,67H,8,15-29,31,33H2,1-6H3,(H,57,69)(H,63,70)(H,58,60,61,62)/t40-,42+,49-/m1/s1. The van der Waals surface area contributed by atoms with Crippen molar-refractivity contribution in [3.8, 4) is 10.4 Å². The number of ether oxygens (including phenoxy) is 4. The van der Waals surface area contributed by atoms with Gasteiger partial charge in [-0.15, -0.1) is 11.3 Å². The number of β-amino-alcohol motifs (C(OH)–C–C–N with tert-alkyl or cyclic N) is 1. The first-order valence-corrected chi connectivity index (χ1v) is 28.1. The van der Waals surface area contributed by atoms with Gasteiger partial charge in [-0.1, -0.05) is 80.1 Å². The molecule has 5 heterocycles. The predicted molar refractivity (Wildman–Crippen MR) is 299 cm³/mol. The molecule has 3 aromatic heterocycles. The van der Waals surface area contributed by atoms with Crippen LogP contribution in [0, 0.1) is 26.2 Å². The Labute approximate surface area is 463 Å². The van der Waals surface area contributed by atoms with Crippen molar-refractivity contribution in [2.24, 2.45) is 5.41 Å². The number of aromatic nitrogens is 4. The Hall–Kier alpha value is -5.69. The van der Waals surface area contributed by atoms with Crippen molar-refractivity contribution >= 4 is 80.4 Å². The van der Waals surface area contributed by atoms with E-state index in [4.69, 9.17) is 30.5 Å². The van der Waals surface area contributed by atoms with Gasteiger partial charge in [0, 0.05) is 58.4 Å². The molecule has 2 aliphatic heterocycles. The summed E-state index contributed by atoms with van der Waals surface area (Å²) >= 11 is 9.09. The van der Waals surface area contributed by atoms with Crippen molar-refractivity contribution in [3.63, 3.8) is 0 Å². The highest BCUT2D eigenvalue weighted by molar-refractivity contribution is 7.17. The fourth-order valence-corrected chi connectivity index (χ4v) is 10.7. The van der Waals surface area contributed by atoms with Gasteiger partial charge in [0.05, 0.1) is 97.8 Å². The van der Waals surface area contributed by atoms with Crippen LogP contribution in [0.3, 0.4) is 0 Å². The van der Waals surface area contributed by atoms with Crippen LogP contribution in [0.25, 0.3) is 10.4 Å². The molecule has 5 aromatic rings. The molecule has 5 N–H and O–H groups in total. The van der Waals surface area contributed by atoms with Crippen LogP contribution in [-0.4, -0.2) is 169 Å². The van der Waals surface area contributed by atoms with Crippen LogP contribution in [-0.2, 0) is 39.9 Å². The molecule has 0 unspecified atom stereocenters. The van der Waals surface area contributed by atoms with E-state index in [0.717, 1.165) is 33.1 Å². The molecule has 2 saturated heterocycles. The molecule has 3 atom stereocenters. The van der Waals surface area contributed by atoms with Crippen LogP contribution in [0.5, 0.6) is 0 Å². The van der Waals surface area contributed by atoms with Crippen molar-refractivity contribution < 1.29 is 43.2 Å². The van der Waals surface area contributed by atoms with Gasteiger partial charge in [0.25, 0.3) is 5.91 Å². The number of nitrogens with one attached hydrogen (secondary N) is 4. The number of amides is 4. The van der Waals surface area contributed by atoms with Gasteiger partial charge in [-0.2, -0.15) is 0 Å². The quantitative estimate of drug-likeness (QED) is 0.0358. The average Bonchev–Trinajstić information content (AvgIpc) is 4.18. The number of carbonyl (C=O) groups is 4. The fourth-order valence-electron chi connectivity index (χ4n) is 8.87. The van der Waals surface area contributed by atoms with Gasteiger partial charge in [-0.3, -0.25) is 19.2 Å². The number of hydrogen-bond donors (Lipinski definition) is 5. The van der Waals surface area contributed by atoms with Crippen molar-refractivity contribution in [3.05, 3.63) is 92.8 Å². The number of benzene rings is 2. The van der Waals surface area contributed by atoms with E-state index < -0.39 is 23.6 Å². The van der Waals surface area contributed by atoms with E-state index in [-0.39, 0.29) is 43.0 Å². The molecule has 0 aliphatic carbocycles. The second-order valence-electron chi connectivity index (χ2n) is 20.0. The van der Waals surface area contributed by atoms with Gasteiger partial charge in [-0.25, -0.2) is 19.9 Å². The summed E-state index contributed by atoms with van der Waals surface area (Å²) in [6, 6.07) is 13.9. The summed E-state index contributed by atoms with van der Waals surface area (Å²) in [5.74, 6) is 1.09. The highest BCUT2D eigenvalue weighted by Crippen LogP contribution is 2.31. The molecule has 0 radical (unpaired) electrons. The molecular weight excluding hydrogens is 1050 g/mol. The predicted octanol–water partition coefficient (Wildman–Crippen LogP) is 6.41. The fraction of sp³-hybridized carbons (Fsp3) is 0.519. The lowest BCUT2D eigenvalue weighted by molar-refractivity contribution is -0.142. The number of para-hydroxylation sites is 1. The molecular formula is C54H72ClN11O9S2. The molecule has 20 nitrogen and oxygen atoms in total. The normalized spacial score (nSPS) is 16.2. The van der Waals surface area contributed by atoms with Gasteiger partial charge >= 0.3 is 0 Å². The molecule has 416 valence electrons. The second kappa shape index (κ2) is 28.8. The summed E-state index contributed by atoms with van der Waals surface area (Å²) in [6.07, 6.45) is 1.85. The van der Waals surface area contributed by atoms with Crippen molar-refractivity contribution in [2.75, 3.05) is 108 Å². The number of rotatable bonds is 27. The number of thiazole rings is 2. The van der Waals surface area contributed by atoms with E-state index in [1.54, 1.807) is 17.4 Å². The maximum atomic E-state index is 14.0. The molecule has 0 spiro atoms. The summed E-state index contributed by atoms with van der Waals surface area (Å²) in [6.45, 7) is 18.0.